The highest BCUT2D eigenvalue weighted by molar-refractivity contribution is 7.18. The lowest BCUT2D eigenvalue weighted by molar-refractivity contribution is -0.131. The maximum absolute atomic E-state index is 12.1. The van der Waals surface area contributed by atoms with Crippen molar-refractivity contribution in [1.82, 2.24) is 9.97 Å². The topological polar surface area (TPSA) is 63.8 Å². The predicted molar refractivity (Wildman–Crippen MR) is 70.4 cm³/mol. The van der Waals surface area contributed by atoms with Gasteiger partial charge >= 0.3 is 6.18 Å². The summed E-state index contributed by atoms with van der Waals surface area (Å²) in [6.07, 6.45) is -4.26. The summed E-state index contributed by atoms with van der Waals surface area (Å²) in [7, 11) is 0. The van der Waals surface area contributed by atoms with Crippen LogP contribution in [0.4, 0.5) is 24.9 Å². The summed E-state index contributed by atoms with van der Waals surface area (Å²) in [6.45, 7) is 1.77. The quantitative estimate of drug-likeness (QED) is 0.907. The van der Waals surface area contributed by atoms with E-state index in [0.29, 0.717) is 10.6 Å². The van der Waals surface area contributed by atoms with Gasteiger partial charge in [-0.2, -0.15) is 18.2 Å². The van der Waals surface area contributed by atoms with Crippen LogP contribution in [0.15, 0.2) is 6.07 Å². The van der Waals surface area contributed by atoms with Gasteiger partial charge in [-0.25, -0.2) is 4.98 Å². The van der Waals surface area contributed by atoms with E-state index in [0.717, 1.165) is 16.7 Å². The third-order valence-corrected chi connectivity index (χ3v) is 3.68. The van der Waals surface area contributed by atoms with Gasteiger partial charge in [-0.15, -0.1) is 11.3 Å². The molecular formula is C11H13F3N4S. The Balaban J connectivity index is 2.23. The number of aromatic nitrogens is 2. The van der Waals surface area contributed by atoms with Crippen LogP contribution in [-0.2, 0) is 6.42 Å². The molecule has 3 N–H and O–H groups in total. The zero-order valence-electron chi connectivity index (χ0n) is 10.2. The molecule has 0 saturated carbocycles. The number of aryl methyl sites for hydroxylation is 1. The molecule has 2 heterocycles. The first-order chi connectivity index (χ1) is 8.89. The molecular weight excluding hydrogens is 277 g/mol. The molecule has 104 valence electrons. The normalized spacial score (nSPS) is 12.0. The van der Waals surface area contributed by atoms with E-state index in [2.05, 4.69) is 15.3 Å². The number of nitrogen functional groups attached to an aromatic ring is 1. The Morgan fingerprint density at radius 1 is 1.37 bits per heavy atom. The van der Waals surface area contributed by atoms with E-state index in [4.69, 9.17) is 5.73 Å². The summed E-state index contributed by atoms with van der Waals surface area (Å²) in [6, 6.07) is 1.88. The second-order valence-corrected chi connectivity index (χ2v) is 5.12. The Labute approximate surface area is 111 Å². The van der Waals surface area contributed by atoms with Gasteiger partial charge in [-0.1, -0.05) is 6.92 Å². The number of fused-ring (bicyclic) bond motifs is 1. The molecule has 2 rings (SSSR count). The Bertz CT molecular complexity index is 579. The number of rotatable bonds is 4. The molecule has 0 fully saturated rings. The van der Waals surface area contributed by atoms with Crippen LogP contribution in [0.5, 0.6) is 0 Å². The van der Waals surface area contributed by atoms with Crippen LogP contribution < -0.4 is 11.1 Å². The Morgan fingerprint density at radius 3 is 2.74 bits per heavy atom. The molecule has 2 aromatic rings. The molecule has 0 atom stereocenters. The first kappa shape index (κ1) is 13.9. The van der Waals surface area contributed by atoms with Crippen LogP contribution in [0.1, 0.15) is 18.2 Å². The van der Waals surface area contributed by atoms with Crippen LogP contribution in [0, 0.1) is 0 Å². The number of hydrogen-bond donors (Lipinski definition) is 2. The fraction of sp³-hybridized carbons (Fsp3) is 0.455. The zero-order chi connectivity index (χ0) is 14.0. The summed E-state index contributed by atoms with van der Waals surface area (Å²) in [5.41, 5.74) is 5.56. The molecule has 0 spiro atoms. The number of thiophene rings is 1. The molecule has 0 aliphatic heterocycles. The zero-order valence-corrected chi connectivity index (χ0v) is 11.0. The van der Waals surface area contributed by atoms with Crippen LogP contribution in [-0.4, -0.2) is 22.7 Å². The second-order valence-electron chi connectivity index (χ2n) is 4.01. The largest absolute Gasteiger partial charge is 0.390 e. The van der Waals surface area contributed by atoms with E-state index in [1.807, 2.05) is 13.0 Å². The van der Waals surface area contributed by atoms with Gasteiger partial charge in [0.2, 0.25) is 5.95 Å². The molecule has 0 aliphatic rings. The number of halogens is 3. The first-order valence-corrected chi connectivity index (χ1v) is 6.57. The van der Waals surface area contributed by atoms with Crippen molar-refractivity contribution in [3.8, 4) is 0 Å². The minimum absolute atomic E-state index is 0.0616. The molecule has 4 nitrogen and oxygen atoms in total. The number of nitrogens with one attached hydrogen (secondary N) is 1. The average molecular weight is 290 g/mol. The lowest BCUT2D eigenvalue weighted by Crippen LogP contribution is -2.15. The van der Waals surface area contributed by atoms with Crippen molar-refractivity contribution >= 4 is 33.3 Å². The molecule has 19 heavy (non-hydrogen) atoms. The highest BCUT2D eigenvalue weighted by atomic mass is 32.1. The smallest absolute Gasteiger partial charge is 0.369 e. The highest BCUT2D eigenvalue weighted by Gasteiger charge is 2.26. The van der Waals surface area contributed by atoms with E-state index < -0.39 is 12.6 Å². The Hall–Kier alpha value is -1.57. The Morgan fingerprint density at radius 2 is 2.11 bits per heavy atom. The lowest BCUT2D eigenvalue weighted by Gasteiger charge is -2.09. The molecule has 0 unspecified atom stereocenters. The summed E-state index contributed by atoms with van der Waals surface area (Å²) >= 11 is 1.47. The van der Waals surface area contributed by atoms with Crippen LogP contribution in [0.3, 0.4) is 0 Å². The summed E-state index contributed by atoms with van der Waals surface area (Å²) in [4.78, 5) is 9.83. The summed E-state index contributed by atoms with van der Waals surface area (Å²) in [5.74, 6) is 0.425. The molecule has 0 aliphatic carbocycles. The molecule has 0 amide bonds. The fourth-order valence-corrected chi connectivity index (χ4v) is 2.59. The van der Waals surface area contributed by atoms with Gasteiger partial charge < -0.3 is 11.1 Å². The number of nitrogens with two attached hydrogens (primary N) is 1. The average Bonchev–Trinajstić information content (AvgIpc) is 2.70. The van der Waals surface area contributed by atoms with Crippen molar-refractivity contribution < 1.29 is 13.2 Å². The second kappa shape index (κ2) is 5.20. The first-order valence-electron chi connectivity index (χ1n) is 5.75. The molecule has 0 aromatic carbocycles. The van der Waals surface area contributed by atoms with Crippen LogP contribution in [0.25, 0.3) is 10.2 Å². The third-order valence-electron chi connectivity index (χ3n) is 2.51. The van der Waals surface area contributed by atoms with Crippen molar-refractivity contribution in [1.29, 1.82) is 0 Å². The minimum atomic E-state index is -4.19. The Kier molecular flexibility index (Phi) is 3.79. The molecule has 0 saturated heterocycles. The van der Waals surface area contributed by atoms with E-state index in [9.17, 15) is 13.2 Å². The number of alkyl halides is 3. The van der Waals surface area contributed by atoms with Crippen LogP contribution >= 0.6 is 11.3 Å². The molecule has 2 aromatic heterocycles. The van der Waals surface area contributed by atoms with Gasteiger partial charge in [-0.3, -0.25) is 0 Å². The van der Waals surface area contributed by atoms with Crippen LogP contribution in [0.2, 0.25) is 0 Å². The van der Waals surface area contributed by atoms with E-state index in [1.165, 1.54) is 11.3 Å². The number of anilines is 2. The van der Waals surface area contributed by atoms with Crippen molar-refractivity contribution in [2.75, 3.05) is 17.6 Å². The van der Waals surface area contributed by atoms with Gasteiger partial charge in [0.15, 0.2) is 0 Å². The van der Waals surface area contributed by atoms with Gasteiger partial charge in [0.1, 0.15) is 10.6 Å². The van der Waals surface area contributed by atoms with Gasteiger partial charge in [0.25, 0.3) is 0 Å². The van der Waals surface area contributed by atoms with Crippen molar-refractivity contribution in [3.63, 3.8) is 0 Å². The molecule has 0 bridgehead atoms. The van der Waals surface area contributed by atoms with E-state index in [1.54, 1.807) is 0 Å². The molecule has 8 heteroatoms. The van der Waals surface area contributed by atoms with Crippen molar-refractivity contribution in [2.45, 2.75) is 25.9 Å². The van der Waals surface area contributed by atoms with Gasteiger partial charge in [0.05, 0.1) is 11.8 Å². The predicted octanol–water partition coefficient (Wildman–Crippen LogP) is 3.20. The minimum Gasteiger partial charge on any atom is -0.369 e. The maximum Gasteiger partial charge on any atom is 0.390 e. The standard InChI is InChI=1S/C11H13F3N4S/c1-2-6-5-7-8(16-4-3-11(12,13)14)17-10(15)18-9(7)19-6/h5H,2-4H2,1H3,(H3,15,16,17,18). The highest BCUT2D eigenvalue weighted by Crippen LogP contribution is 2.30. The third kappa shape index (κ3) is 3.46. The monoisotopic (exact) mass is 290 g/mol. The van der Waals surface area contributed by atoms with Crippen molar-refractivity contribution in [2.24, 2.45) is 0 Å². The fourth-order valence-electron chi connectivity index (χ4n) is 1.62. The molecule has 0 radical (unpaired) electrons. The van der Waals surface area contributed by atoms with Gasteiger partial charge in [0, 0.05) is 11.4 Å². The van der Waals surface area contributed by atoms with Crippen molar-refractivity contribution in [3.05, 3.63) is 10.9 Å². The van der Waals surface area contributed by atoms with Gasteiger partial charge in [-0.05, 0) is 12.5 Å². The number of hydrogen-bond acceptors (Lipinski definition) is 5. The summed E-state index contributed by atoms with van der Waals surface area (Å²) < 4.78 is 36.3. The lowest BCUT2D eigenvalue weighted by atomic mass is 10.3. The van der Waals surface area contributed by atoms with E-state index in [-0.39, 0.29) is 12.5 Å². The van der Waals surface area contributed by atoms with E-state index >= 15 is 0 Å². The number of nitrogens with zero attached hydrogens (tertiary/aromatic N) is 2. The SMILES string of the molecule is CCc1cc2c(NCCC(F)(F)F)nc(N)nc2s1. The summed E-state index contributed by atoms with van der Waals surface area (Å²) in [5, 5.41) is 3.40. The maximum atomic E-state index is 12.1.